The van der Waals surface area contributed by atoms with Gasteiger partial charge in [0.25, 0.3) is 0 Å². The zero-order valence-corrected chi connectivity index (χ0v) is 28.9. The quantitative estimate of drug-likeness (QED) is 0.104. The first kappa shape index (κ1) is 33.7. The Kier molecular flexibility index (Phi) is 9.69. The van der Waals surface area contributed by atoms with Crippen LogP contribution in [0.15, 0.2) is 98.1 Å². The van der Waals surface area contributed by atoms with Gasteiger partial charge in [-0.05, 0) is 87.9 Å². The number of esters is 1. The Bertz CT molecular complexity index is 2020. The summed E-state index contributed by atoms with van der Waals surface area (Å²) >= 11 is 0. The van der Waals surface area contributed by atoms with E-state index in [1.807, 2.05) is 92.9 Å². The molecule has 3 heterocycles. The smallest absolute Gasteiger partial charge is 0.339 e. The lowest BCUT2D eigenvalue weighted by Gasteiger charge is -2.29. The van der Waals surface area contributed by atoms with E-state index in [0.29, 0.717) is 35.8 Å². The molecule has 2 unspecified atom stereocenters. The van der Waals surface area contributed by atoms with Crippen molar-refractivity contribution in [2.75, 3.05) is 20.3 Å². The predicted molar refractivity (Wildman–Crippen MR) is 193 cm³/mol. The number of rotatable bonds is 11. The van der Waals surface area contributed by atoms with Gasteiger partial charge in [0.15, 0.2) is 11.8 Å². The highest BCUT2D eigenvalue weighted by atomic mass is 16.6. The molecule has 0 radical (unpaired) electrons. The molecular formula is C41H43N3O5. The average Bonchev–Trinajstić information content (AvgIpc) is 3.52. The van der Waals surface area contributed by atoms with Crippen molar-refractivity contribution in [2.45, 2.75) is 58.2 Å². The number of nitrogens with zero attached hydrogens (tertiary/aromatic N) is 3. The van der Waals surface area contributed by atoms with Crippen LogP contribution in [-0.2, 0) is 14.3 Å². The van der Waals surface area contributed by atoms with Gasteiger partial charge in [0.1, 0.15) is 18.1 Å². The Morgan fingerprint density at radius 3 is 2.57 bits per heavy atom. The van der Waals surface area contributed by atoms with Crippen molar-refractivity contribution in [3.8, 4) is 45.1 Å². The summed E-state index contributed by atoms with van der Waals surface area (Å²) in [5, 5.41) is 5.15. The van der Waals surface area contributed by atoms with E-state index in [1.54, 1.807) is 6.08 Å². The maximum absolute atomic E-state index is 13.5. The number of allylic oxidation sites excluding steroid dienone is 1. The van der Waals surface area contributed by atoms with E-state index in [-0.39, 0.29) is 5.92 Å². The zero-order chi connectivity index (χ0) is 34.7. The number of benzene rings is 3. The molecule has 2 atom stereocenters. The number of carbonyl (C=O) groups is 1. The van der Waals surface area contributed by atoms with Gasteiger partial charge in [-0.1, -0.05) is 55.1 Å². The SMILES string of the molecule is C=CCOc1ccccc1-c1cccc(-c2cc3nc(C)c(C(OC(C)(C)C)C(=O)OC)c(-c4ccc5c(c4)C(CC=C)CCO5)n3n2)c1. The Morgan fingerprint density at radius 1 is 1.02 bits per heavy atom. The van der Waals surface area contributed by atoms with Gasteiger partial charge in [0.05, 0.1) is 30.7 Å². The monoisotopic (exact) mass is 657 g/mol. The molecule has 8 nitrogen and oxygen atoms in total. The van der Waals surface area contributed by atoms with Crippen LogP contribution in [0.25, 0.3) is 39.3 Å². The third-order valence-corrected chi connectivity index (χ3v) is 8.59. The van der Waals surface area contributed by atoms with Crippen LogP contribution < -0.4 is 9.47 Å². The first-order valence-electron chi connectivity index (χ1n) is 16.6. The van der Waals surface area contributed by atoms with Crippen molar-refractivity contribution in [3.05, 3.63) is 115 Å². The van der Waals surface area contributed by atoms with Gasteiger partial charge < -0.3 is 18.9 Å². The number of para-hydroxylation sites is 1. The molecular weight excluding hydrogens is 614 g/mol. The lowest BCUT2D eigenvalue weighted by molar-refractivity contribution is -0.164. The minimum Gasteiger partial charge on any atom is -0.493 e. The van der Waals surface area contributed by atoms with Crippen molar-refractivity contribution < 1.29 is 23.7 Å². The molecule has 3 aromatic carbocycles. The Balaban J connectivity index is 1.57. The largest absolute Gasteiger partial charge is 0.493 e. The van der Waals surface area contributed by atoms with Gasteiger partial charge in [-0.2, -0.15) is 5.10 Å². The third kappa shape index (κ3) is 7.01. The summed E-state index contributed by atoms with van der Waals surface area (Å²) < 4.78 is 25.6. The lowest BCUT2D eigenvalue weighted by Crippen LogP contribution is -2.30. The molecule has 49 heavy (non-hydrogen) atoms. The summed E-state index contributed by atoms with van der Waals surface area (Å²) in [6.07, 6.45) is 4.37. The molecule has 8 heteroatoms. The lowest BCUT2D eigenvalue weighted by atomic mass is 9.88. The normalized spacial score (nSPS) is 14.8. The fraction of sp³-hybridized carbons (Fsp3) is 0.293. The second-order valence-corrected chi connectivity index (χ2v) is 13.2. The van der Waals surface area contributed by atoms with Crippen LogP contribution in [0.2, 0.25) is 0 Å². The topological polar surface area (TPSA) is 84.2 Å². The summed E-state index contributed by atoms with van der Waals surface area (Å²) in [7, 11) is 1.37. The molecule has 5 aromatic rings. The molecule has 0 spiro atoms. The third-order valence-electron chi connectivity index (χ3n) is 8.59. The first-order valence-corrected chi connectivity index (χ1v) is 16.6. The van der Waals surface area contributed by atoms with E-state index in [2.05, 4.69) is 31.4 Å². The second-order valence-electron chi connectivity index (χ2n) is 13.2. The minimum atomic E-state index is -1.05. The molecule has 252 valence electrons. The molecule has 0 saturated carbocycles. The van der Waals surface area contributed by atoms with Crippen molar-refractivity contribution >= 4 is 11.6 Å². The highest BCUT2D eigenvalue weighted by Crippen LogP contribution is 2.42. The van der Waals surface area contributed by atoms with E-state index < -0.39 is 17.7 Å². The maximum Gasteiger partial charge on any atom is 0.339 e. The number of aryl methyl sites for hydroxylation is 1. The number of carbonyl (C=O) groups excluding carboxylic acids is 1. The second kappa shape index (κ2) is 14.1. The van der Waals surface area contributed by atoms with Crippen LogP contribution in [-0.4, -0.2) is 46.5 Å². The number of aromatic nitrogens is 3. The van der Waals surface area contributed by atoms with Crippen LogP contribution >= 0.6 is 0 Å². The molecule has 1 aliphatic rings. The van der Waals surface area contributed by atoms with Gasteiger partial charge >= 0.3 is 5.97 Å². The van der Waals surface area contributed by atoms with Crippen LogP contribution in [0, 0.1) is 6.92 Å². The van der Waals surface area contributed by atoms with Gasteiger partial charge in [0.2, 0.25) is 0 Å². The molecule has 0 N–H and O–H groups in total. The highest BCUT2D eigenvalue weighted by Gasteiger charge is 2.34. The molecule has 1 aliphatic heterocycles. The molecule has 6 rings (SSSR count). The van der Waals surface area contributed by atoms with E-state index >= 15 is 0 Å². The molecule has 0 bridgehead atoms. The van der Waals surface area contributed by atoms with Crippen molar-refractivity contribution in [3.63, 3.8) is 0 Å². The number of methoxy groups -OCH3 is 1. The summed E-state index contributed by atoms with van der Waals surface area (Å²) in [6, 6.07) is 24.3. The Morgan fingerprint density at radius 2 is 1.82 bits per heavy atom. The van der Waals surface area contributed by atoms with Crippen molar-refractivity contribution in [2.24, 2.45) is 0 Å². The van der Waals surface area contributed by atoms with Gasteiger partial charge in [-0.3, -0.25) is 0 Å². The molecule has 0 saturated heterocycles. The van der Waals surface area contributed by atoms with Crippen molar-refractivity contribution in [1.29, 1.82) is 0 Å². The fourth-order valence-corrected chi connectivity index (χ4v) is 6.44. The van der Waals surface area contributed by atoms with E-state index in [9.17, 15) is 4.79 Å². The standard InChI is InChI=1S/C41H43N3O5/c1-8-13-27-20-22-48-35-19-18-30(24-32(27)35)38-37(39(40(45)46-7)49-41(4,5)6)26(3)42-36-25-33(43-44(36)38)29-15-12-14-28(23-29)31-16-10-11-17-34(31)47-21-9-2/h8-12,14-19,23-25,27,39H,1-2,13,20-22H2,3-7H3. The van der Waals surface area contributed by atoms with Crippen LogP contribution in [0.4, 0.5) is 0 Å². The van der Waals surface area contributed by atoms with Gasteiger partial charge in [-0.15, -0.1) is 6.58 Å². The molecule has 2 aromatic heterocycles. The molecule has 0 fully saturated rings. The number of hydrogen-bond donors (Lipinski definition) is 0. The maximum atomic E-state index is 13.5. The molecule has 0 aliphatic carbocycles. The number of hydrogen-bond acceptors (Lipinski definition) is 7. The van der Waals surface area contributed by atoms with Gasteiger partial charge in [-0.25, -0.2) is 14.3 Å². The van der Waals surface area contributed by atoms with Crippen LogP contribution in [0.5, 0.6) is 11.5 Å². The van der Waals surface area contributed by atoms with Crippen LogP contribution in [0.3, 0.4) is 0 Å². The number of ether oxygens (including phenoxy) is 4. The van der Waals surface area contributed by atoms with Crippen LogP contribution in [0.1, 0.15) is 62.5 Å². The summed E-state index contributed by atoms with van der Waals surface area (Å²) in [6.45, 7) is 16.5. The Hall–Kier alpha value is -5.21. The molecule has 0 amide bonds. The fourth-order valence-electron chi connectivity index (χ4n) is 6.44. The van der Waals surface area contributed by atoms with E-state index in [0.717, 1.165) is 57.9 Å². The predicted octanol–water partition coefficient (Wildman–Crippen LogP) is 9.07. The van der Waals surface area contributed by atoms with E-state index in [4.69, 9.17) is 29.0 Å². The van der Waals surface area contributed by atoms with E-state index in [1.165, 1.54) is 7.11 Å². The first-order chi connectivity index (χ1) is 23.6. The minimum absolute atomic E-state index is 0.263. The summed E-state index contributed by atoms with van der Waals surface area (Å²) in [5.74, 6) is 1.39. The zero-order valence-electron chi connectivity index (χ0n) is 28.9. The highest BCUT2D eigenvalue weighted by molar-refractivity contribution is 5.83. The summed E-state index contributed by atoms with van der Waals surface area (Å²) in [4.78, 5) is 18.5. The average molecular weight is 658 g/mol. The summed E-state index contributed by atoms with van der Waals surface area (Å²) in [5.41, 5.74) is 7.51. The van der Waals surface area contributed by atoms with Crippen molar-refractivity contribution in [1.82, 2.24) is 14.6 Å². The van der Waals surface area contributed by atoms with Gasteiger partial charge in [0, 0.05) is 34.0 Å². The Labute approximate surface area is 288 Å². The number of fused-ring (bicyclic) bond motifs is 2.